The molecule has 0 unspecified atom stereocenters. The molecule has 0 bridgehead atoms. The van der Waals surface area contributed by atoms with Crippen LogP contribution >= 0.6 is 11.3 Å². The van der Waals surface area contributed by atoms with E-state index < -0.39 is 0 Å². The number of hydrogen-bond donors (Lipinski definition) is 1. The summed E-state index contributed by atoms with van der Waals surface area (Å²) < 4.78 is 1.19. The second-order valence-corrected chi connectivity index (χ2v) is 6.08. The summed E-state index contributed by atoms with van der Waals surface area (Å²) in [7, 11) is 0. The Morgan fingerprint density at radius 2 is 1.59 bits per heavy atom. The highest BCUT2D eigenvalue weighted by molar-refractivity contribution is 7.17. The van der Waals surface area contributed by atoms with Gasteiger partial charge >= 0.3 is 0 Å². The van der Waals surface area contributed by atoms with Crippen LogP contribution in [0.4, 0.5) is 5.82 Å². The Labute approximate surface area is 132 Å². The molecule has 22 heavy (non-hydrogen) atoms. The highest BCUT2D eigenvalue weighted by Crippen LogP contribution is 2.35. The van der Waals surface area contributed by atoms with E-state index in [1.165, 1.54) is 21.4 Å². The molecule has 2 nitrogen and oxygen atoms in total. The normalized spacial score (nSPS) is 10.9. The minimum Gasteiger partial charge on any atom is -0.383 e. The van der Waals surface area contributed by atoms with E-state index in [1.54, 1.807) is 11.3 Å². The molecule has 2 aromatic carbocycles. The topological polar surface area (TPSA) is 38.9 Å². The number of rotatable bonds is 2. The molecule has 0 amide bonds. The maximum absolute atomic E-state index is 5.96. The highest BCUT2D eigenvalue weighted by Gasteiger charge is 2.09. The van der Waals surface area contributed by atoms with Crippen molar-refractivity contribution >= 4 is 27.2 Å². The average molecular weight is 302 g/mol. The molecule has 0 saturated heterocycles. The number of benzene rings is 2. The third-order valence-electron chi connectivity index (χ3n) is 3.80. The van der Waals surface area contributed by atoms with E-state index in [0.717, 1.165) is 10.9 Å². The summed E-state index contributed by atoms with van der Waals surface area (Å²) in [5.41, 5.74) is 10.7. The van der Waals surface area contributed by atoms with Crippen molar-refractivity contribution < 1.29 is 0 Å². The molecule has 0 spiro atoms. The molecular formula is C19H14N2S. The van der Waals surface area contributed by atoms with Gasteiger partial charge in [0.15, 0.2) is 0 Å². The summed E-state index contributed by atoms with van der Waals surface area (Å²) in [6, 6.07) is 21.0. The van der Waals surface area contributed by atoms with Gasteiger partial charge in [-0.1, -0.05) is 48.5 Å². The SMILES string of the molecule is Nc1ncc(-c2cccc(-c3ccccc3)c2)c2sccc12. The van der Waals surface area contributed by atoms with Crippen molar-refractivity contribution in [2.24, 2.45) is 0 Å². The second-order valence-electron chi connectivity index (χ2n) is 5.17. The molecule has 0 aliphatic rings. The van der Waals surface area contributed by atoms with Crippen LogP contribution in [0.15, 0.2) is 72.2 Å². The van der Waals surface area contributed by atoms with Crippen LogP contribution in [0.1, 0.15) is 0 Å². The quantitative estimate of drug-likeness (QED) is 0.552. The van der Waals surface area contributed by atoms with Gasteiger partial charge in [-0.3, -0.25) is 0 Å². The summed E-state index contributed by atoms with van der Waals surface area (Å²) in [6.45, 7) is 0. The zero-order chi connectivity index (χ0) is 14.9. The van der Waals surface area contributed by atoms with Crippen molar-refractivity contribution in [2.75, 3.05) is 5.73 Å². The number of aromatic nitrogens is 1. The number of hydrogen-bond acceptors (Lipinski definition) is 3. The van der Waals surface area contributed by atoms with Gasteiger partial charge in [0.25, 0.3) is 0 Å². The summed E-state index contributed by atoms with van der Waals surface area (Å²) in [4.78, 5) is 4.34. The van der Waals surface area contributed by atoms with Crippen molar-refractivity contribution in [1.29, 1.82) is 0 Å². The first kappa shape index (κ1) is 13.0. The lowest BCUT2D eigenvalue weighted by molar-refractivity contribution is 1.37. The Morgan fingerprint density at radius 1 is 0.818 bits per heavy atom. The van der Waals surface area contributed by atoms with Crippen LogP contribution < -0.4 is 5.73 Å². The van der Waals surface area contributed by atoms with Crippen LogP contribution in [0.25, 0.3) is 32.3 Å². The molecule has 2 aromatic heterocycles. The molecule has 0 atom stereocenters. The third-order valence-corrected chi connectivity index (χ3v) is 4.75. The Morgan fingerprint density at radius 3 is 2.45 bits per heavy atom. The molecule has 2 heterocycles. The monoisotopic (exact) mass is 302 g/mol. The van der Waals surface area contributed by atoms with E-state index in [4.69, 9.17) is 5.73 Å². The predicted octanol–water partition coefficient (Wildman–Crippen LogP) is 5.21. The van der Waals surface area contributed by atoms with E-state index in [9.17, 15) is 0 Å². The van der Waals surface area contributed by atoms with Gasteiger partial charge in [0.2, 0.25) is 0 Å². The number of anilines is 1. The molecule has 0 saturated carbocycles. The van der Waals surface area contributed by atoms with Crippen molar-refractivity contribution in [3.63, 3.8) is 0 Å². The Hall–Kier alpha value is -2.65. The Kier molecular flexibility index (Phi) is 3.13. The fourth-order valence-corrected chi connectivity index (χ4v) is 3.62. The van der Waals surface area contributed by atoms with Crippen LogP contribution in [0.2, 0.25) is 0 Å². The Bertz CT molecular complexity index is 942. The van der Waals surface area contributed by atoms with E-state index in [1.807, 2.05) is 18.3 Å². The minimum absolute atomic E-state index is 0.596. The lowest BCUT2D eigenvalue weighted by Crippen LogP contribution is -1.91. The lowest BCUT2D eigenvalue weighted by Gasteiger charge is -2.08. The largest absolute Gasteiger partial charge is 0.383 e. The molecule has 2 N–H and O–H groups in total. The van der Waals surface area contributed by atoms with Gasteiger partial charge in [0, 0.05) is 21.8 Å². The molecule has 0 aliphatic carbocycles. The van der Waals surface area contributed by atoms with E-state index in [2.05, 4.69) is 58.9 Å². The summed E-state index contributed by atoms with van der Waals surface area (Å²) in [5.74, 6) is 0.596. The van der Waals surface area contributed by atoms with E-state index in [0.29, 0.717) is 5.82 Å². The molecular weight excluding hydrogens is 288 g/mol. The van der Waals surface area contributed by atoms with Gasteiger partial charge in [0.05, 0.1) is 0 Å². The first-order valence-corrected chi connectivity index (χ1v) is 7.98. The van der Waals surface area contributed by atoms with Crippen molar-refractivity contribution in [3.8, 4) is 22.3 Å². The predicted molar refractivity (Wildman–Crippen MR) is 94.9 cm³/mol. The minimum atomic E-state index is 0.596. The summed E-state index contributed by atoms with van der Waals surface area (Å²) in [5, 5.41) is 3.10. The molecule has 0 radical (unpaired) electrons. The highest BCUT2D eigenvalue weighted by atomic mass is 32.1. The van der Waals surface area contributed by atoms with Crippen LogP contribution in [0.3, 0.4) is 0 Å². The average Bonchev–Trinajstić information content (AvgIpc) is 3.07. The lowest BCUT2D eigenvalue weighted by atomic mass is 9.99. The zero-order valence-electron chi connectivity index (χ0n) is 11.9. The van der Waals surface area contributed by atoms with Gasteiger partial charge in [-0.2, -0.15) is 0 Å². The fraction of sp³-hybridized carbons (Fsp3) is 0. The number of nitrogens with zero attached hydrogens (tertiary/aromatic N) is 1. The van der Waals surface area contributed by atoms with Gasteiger partial charge in [0.1, 0.15) is 5.82 Å². The third kappa shape index (κ3) is 2.16. The number of fused-ring (bicyclic) bond motifs is 1. The van der Waals surface area contributed by atoms with Gasteiger partial charge < -0.3 is 5.73 Å². The van der Waals surface area contributed by atoms with E-state index in [-0.39, 0.29) is 0 Å². The number of thiophene rings is 1. The van der Waals surface area contributed by atoms with Crippen LogP contribution in [-0.4, -0.2) is 4.98 Å². The molecule has 0 aliphatic heterocycles. The van der Waals surface area contributed by atoms with Gasteiger partial charge in [-0.15, -0.1) is 11.3 Å². The Balaban J connectivity index is 1.89. The molecule has 4 rings (SSSR count). The number of nitrogen functional groups attached to an aromatic ring is 1. The van der Waals surface area contributed by atoms with Crippen LogP contribution in [0, 0.1) is 0 Å². The standard InChI is InChI=1S/C19H14N2S/c20-19-16-9-10-22-18(16)17(12-21-19)15-8-4-7-14(11-15)13-5-2-1-3-6-13/h1-12H,(H2,20,21). The van der Waals surface area contributed by atoms with E-state index >= 15 is 0 Å². The zero-order valence-corrected chi connectivity index (χ0v) is 12.7. The van der Waals surface area contributed by atoms with Crippen LogP contribution in [0.5, 0.6) is 0 Å². The van der Waals surface area contributed by atoms with Crippen molar-refractivity contribution in [1.82, 2.24) is 4.98 Å². The van der Waals surface area contributed by atoms with Gasteiger partial charge in [-0.25, -0.2) is 4.98 Å². The number of nitrogens with two attached hydrogens (primary N) is 1. The van der Waals surface area contributed by atoms with Crippen LogP contribution in [-0.2, 0) is 0 Å². The summed E-state index contributed by atoms with van der Waals surface area (Å²) in [6.07, 6.45) is 1.87. The molecule has 106 valence electrons. The van der Waals surface area contributed by atoms with Crippen molar-refractivity contribution in [3.05, 3.63) is 72.2 Å². The maximum Gasteiger partial charge on any atom is 0.132 e. The molecule has 3 heteroatoms. The second kappa shape index (κ2) is 5.28. The molecule has 4 aromatic rings. The maximum atomic E-state index is 5.96. The summed E-state index contributed by atoms with van der Waals surface area (Å²) >= 11 is 1.70. The van der Waals surface area contributed by atoms with Gasteiger partial charge in [-0.05, 0) is 34.2 Å². The number of pyridine rings is 1. The first-order valence-electron chi connectivity index (χ1n) is 7.10. The molecule has 0 fully saturated rings. The first-order chi connectivity index (χ1) is 10.8. The smallest absolute Gasteiger partial charge is 0.132 e. The fourth-order valence-electron chi connectivity index (χ4n) is 2.68. The van der Waals surface area contributed by atoms with Crippen molar-refractivity contribution in [2.45, 2.75) is 0 Å².